The van der Waals surface area contributed by atoms with Crippen LogP contribution in [0.2, 0.25) is 0 Å². The molecule has 0 bridgehead atoms. The molecule has 2 saturated carbocycles. The molecule has 0 saturated heterocycles. The van der Waals surface area contributed by atoms with Gasteiger partial charge in [-0.2, -0.15) is 0 Å². The lowest BCUT2D eigenvalue weighted by Crippen LogP contribution is -2.34. The molecule has 0 N–H and O–H groups in total. The summed E-state index contributed by atoms with van der Waals surface area (Å²) < 4.78 is 0. The molecule has 2 aliphatic carbocycles. The standard InChI is InChI=1S/C12H20O/c1-9(13)11-7-6-10-5-3-4-8-12(10,11)2/h10-11H,3-8H2,1-2H3/t10-,11-,12-/m1/s1. The Morgan fingerprint density at radius 3 is 2.69 bits per heavy atom. The third kappa shape index (κ3) is 1.33. The molecule has 1 nitrogen and oxygen atoms in total. The number of carbonyl (C=O) groups is 1. The van der Waals surface area contributed by atoms with Crippen molar-refractivity contribution in [2.75, 3.05) is 0 Å². The summed E-state index contributed by atoms with van der Waals surface area (Å²) in [6, 6.07) is 0. The zero-order valence-electron chi connectivity index (χ0n) is 8.81. The van der Waals surface area contributed by atoms with E-state index in [0.29, 0.717) is 17.1 Å². The van der Waals surface area contributed by atoms with Crippen LogP contribution in [0.4, 0.5) is 0 Å². The van der Waals surface area contributed by atoms with Gasteiger partial charge in [0.1, 0.15) is 5.78 Å². The number of Topliss-reactive ketones (excluding diaryl/α,β-unsaturated/α-hetero) is 1. The second kappa shape index (κ2) is 3.11. The van der Waals surface area contributed by atoms with Gasteiger partial charge in [-0.3, -0.25) is 4.79 Å². The van der Waals surface area contributed by atoms with Crippen molar-refractivity contribution < 1.29 is 4.79 Å². The van der Waals surface area contributed by atoms with E-state index in [1.165, 1.54) is 32.1 Å². The van der Waals surface area contributed by atoms with Crippen molar-refractivity contribution in [1.29, 1.82) is 0 Å². The topological polar surface area (TPSA) is 17.1 Å². The number of hydrogen-bond acceptors (Lipinski definition) is 1. The molecule has 0 aromatic heterocycles. The molecule has 2 rings (SSSR count). The molecule has 3 atom stereocenters. The van der Waals surface area contributed by atoms with Crippen molar-refractivity contribution in [2.24, 2.45) is 17.3 Å². The molecular weight excluding hydrogens is 160 g/mol. The third-order valence-electron chi connectivity index (χ3n) is 4.54. The first kappa shape index (κ1) is 9.23. The molecule has 0 radical (unpaired) electrons. The van der Waals surface area contributed by atoms with Crippen LogP contribution in [0.15, 0.2) is 0 Å². The lowest BCUT2D eigenvalue weighted by Gasteiger charge is -2.39. The van der Waals surface area contributed by atoms with Gasteiger partial charge in [0.15, 0.2) is 0 Å². The Balaban J connectivity index is 2.20. The number of fused-ring (bicyclic) bond motifs is 1. The second-order valence-corrected chi connectivity index (χ2v) is 5.19. The molecule has 2 aliphatic rings. The minimum absolute atomic E-state index is 0.379. The Morgan fingerprint density at radius 1 is 1.23 bits per heavy atom. The first-order valence-corrected chi connectivity index (χ1v) is 5.65. The predicted molar refractivity (Wildman–Crippen MR) is 53.5 cm³/mol. The maximum Gasteiger partial charge on any atom is 0.133 e. The van der Waals surface area contributed by atoms with Gasteiger partial charge in [-0.15, -0.1) is 0 Å². The van der Waals surface area contributed by atoms with Crippen molar-refractivity contribution >= 4 is 5.78 Å². The Hall–Kier alpha value is -0.330. The maximum absolute atomic E-state index is 11.5. The average Bonchev–Trinajstić information content (AvgIpc) is 2.41. The van der Waals surface area contributed by atoms with Gasteiger partial charge in [0, 0.05) is 5.92 Å². The monoisotopic (exact) mass is 180 g/mol. The van der Waals surface area contributed by atoms with Crippen LogP contribution in [0.3, 0.4) is 0 Å². The highest BCUT2D eigenvalue weighted by Crippen LogP contribution is 2.55. The molecule has 0 unspecified atom stereocenters. The van der Waals surface area contributed by atoms with Gasteiger partial charge >= 0.3 is 0 Å². The number of rotatable bonds is 1. The van der Waals surface area contributed by atoms with Gasteiger partial charge in [-0.25, -0.2) is 0 Å². The summed E-state index contributed by atoms with van der Waals surface area (Å²) in [4.78, 5) is 11.5. The van der Waals surface area contributed by atoms with Crippen molar-refractivity contribution in [3.05, 3.63) is 0 Å². The number of hydrogen-bond donors (Lipinski definition) is 0. The van der Waals surface area contributed by atoms with E-state index in [2.05, 4.69) is 6.92 Å². The van der Waals surface area contributed by atoms with Crippen LogP contribution < -0.4 is 0 Å². The van der Waals surface area contributed by atoms with E-state index in [9.17, 15) is 4.79 Å². The molecule has 2 fully saturated rings. The summed E-state index contributed by atoms with van der Waals surface area (Å²) in [5.41, 5.74) is 0.379. The van der Waals surface area contributed by atoms with E-state index in [4.69, 9.17) is 0 Å². The van der Waals surface area contributed by atoms with Gasteiger partial charge in [0.05, 0.1) is 0 Å². The van der Waals surface area contributed by atoms with Crippen LogP contribution in [0.5, 0.6) is 0 Å². The Bertz CT molecular complexity index is 221. The van der Waals surface area contributed by atoms with Crippen LogP contribution >= 0.6 is 0 Å². The fraction of sp³-hybridized carbons (Fsp3) is 0.917. The highest BCUT2D eigenvalue weighted by molar-refractivity contribution is 5.79. The summed E-state index contributed by atoms with van der Waals surface area (Å²) in [5, 5.41) is 0. The fourth-order valence-electron chi connectivity index (χ4n) is 3.73. The zero-order valence-corrected chi connectivity index (χ0v) is 8.81. The van der Waals surface area contributed by atoms with Crippen LogP contribution in [0, 0.1) is 17.3 Å². The first-order valence-electron chi connectivity index (χ1n) is 5.65. The Kier molecular flexibility index (Phi) is 2.21. The highest BCUT2D eigenvalue weighted by atomic mass is 16.1. The van der Waals surface area contributed by atoms with Gasteiger partial charge in [-0.05, 0) is 43.9 Å². The summed E-state index contributed by atoms with van der Waals surface area (Å²) in [6.07, 6.45) is 7.88. The summed E-state index contributed by atoms with van der Waals surface area (Å²) in [5.74, 6) is 1.68. The molecule has 0 spiro atoms. The molecule has 0 aromatic rings. The average molecular weight is 180 g/mol. The summed E-state index contributed by atoms with van der Waals surface area (Å²) in [6.45, 7) is 4.14. The minimum atomic E-state index is 0.379. The van der Waals surface area contributed by atoms with Gasteiger partial charge in [-0.1, -0.05) is 19.8 Å². The highest BCUT2D eigenvalue weighted by Gasteiger charge is 2.48. The van der Waals surface area contributed by atoms with Crippen LogP contribution in [0.25, 0.3) is 0 Å². The van der Waals surface area contributed by atoms with Gasteiger partial charge in [0.25, 0.3) is 0 Å². The quantitative estimate of drug-likeness (QED) is 0.605. The van der Waals surface area contributed by atoms with E-state index in [1.54, 1.807) is 6.92 Å². The fourth-order valence-corrected chi connectivity index (χ4v) is 3.73. The summed E-state index contributed by atoms with van der Waals surface area (Å²) in [7, 11) is 0. The van der Waals surface area contributed by atoms with Gasteiger partial charge in [0.2, 0.25) is 0 Å². The van der Waals surface area contributed by atoms with Gasteiger partial charge < -0.3 is 0 Å². The Labute approximate surface area is 80.9 Å². The van der Waals surface area contributed by atoms with Crippen molar-refractivity contribution in [3.8, 4) is 0 Å². The molecule has 1 heteroatoms. The lowest BCUT2D eigenvalue weighted by atomic mass is 9.65. The van der Waals surface area contributed by atoms with Crippen LogP contribution in [-0.2, 0) is 4.79 Å². The second-order valence-electron chi connectivity index (χ2n) is 5.19. The van der Waals surface area contributed by atoms with Crippen LogP contribution in [0.1, 0.15) is 52.4 Å². The van der Waals surface area contributed by atoms with Crippen LogP contribution in [-0.4, -0.2) is 5.78 Å². The molecule has 0 aliphatic heterocycles. The molecule has 0 heterocycles. The zero-order chi connectivity index (χ0) is 9.47. The normalized spacial score (nSPS) is 44.5. The smallest absolute Gasteiger partial charge is 0.133 e. The lowest BCUT2D eigenvalue weighted by molar-refractivity contribution is -0.124. The van der Waals surface area contributed by atoms with E-state index in [1.807, 2.05) is 0 Å². The molecule has 0 aromatic carbocycles. The van der Waals surface area contributed by atoms with E-state index in [0.717, 1.165) is 12.3 Å². The first-order chi connectivity index (χ1) is 6.14. The van der Waals surface area contributed by atoms with Crippen molar-refractivity contribution in [1.82, 2.24) is 0 Å². The largest absolute Gasteiger partial charge is 0.300 e. The number of carbonyl (C=O) groups excluding carboxylic acids is 1. The predicted octanol–water partition coefficient (Wildman–Crippen LogP) is 3.18. The van der Waals surface area contributed by atoms with E-state index >= 15 is 0 Å². The number of ketones is 1. The SMILES string of the molecule is CC(=O)[C@H]1CC[C@H]2CCCC[C@]21C. The van der Waals surface area contributed by atoms with E-state index in [-0.39, 0.29) is 0 Å². The maximum atomic E-state index is 11.5. The molecule has 74 valence electrons. The minimum Gasteiger partial charge on any atom is -0.300 e. The molecular formula is C12H20O. The molecule has 0 amide bonds. The van der Waals surface area contributed by atoms with Crippen molar-refractivity contribution in [2.45, 2.75) is 52.4 Å². The summed E-state index contributed by atoms with van der Waals surface area (Å²) >= 11 is 0. The van der Waals surface area contributed by atoms with E-state index < -0.39 is 0 Å². The molecule has 13 heavy (non-hydrogen) atoms. The third-order valence-corrected chi connectivity index (χ3v) is 4.54. The Morgan fingerprint density at radius 2 is 2.00 bits per heavy atom. The van der Waals surface area contributed by atoms with Crippen molar-refractivity contribution in [3.63, 3.8) is 0 Å².